The van der Waals surface area contributed by atoms with Gasteiger partial charge in [-0.15, -0.1) is 0 Å². The molecule has 2 amide bonds. The zero-order valence-electron chi connectivity index (χ0n) is 24.2. The van der Waals surface area contributed by atoms with Gasteiger partial charge in [0.05, 0.1) is 6.04 Å². The van der Waals surface area contributed by atoms with Crippen LogP contribution in [0.4, 0.5) is 4.79 Å². The molecular weight excluding hydrogens is 358 g/mol. The van der Waals surface area contributed by atoms with Crippen molar-refractivity contribution in [3.05, 3.63) is 35.9 Å². The minimum Gasteiger partial charge on any atom is -0.444 e. The van der Waals surface area contributed by atoms with Crippen LogP contribution in [0.2, 0.25) is 0 Å². The van der Waals surface area contributed by atoms with Crippen LogP contribution >= 0.6 is 0 Å². The predicted molar refractivity (Wildman–Crippen MR) is 109 cm³/mol. The highest BCUT2D eigenvalue weighted by Gasteiger charge is 2.23. The maximum atomic E-state index is 12.8. The van der Waals surface area contributed by atoms with Gasteiger partial charge in [-0.3, -0.25) is 9.59 Å². The Morgan fingerprint density at radius 2 is 1.82 bits per heavy atom. The number of nitrogens with one attached hydrogen (secondary N) is 1. The second-order valence-corrected chi connectivity index (χ2v) is 7.08. The van der Waals surface area contributed by atoms with Crippen LogP contribution in [0, 0.1) is 5.92 Å². The Morgan fingerprint density at radius 1 is 1.18 bits per heavy atom. The van der Waals surface area contributed by atoms with Crippen molar-refractivity contribution in [2.45, 2.75) is 64.4 Å². The number of hydrogen-bond acceptors (Lipinski definition) is 5. The van der Waals surface area contributed by atoms with Crippen molar-refractivity contribution in [3.63, 3.8) is 0 Å². The molecule has 0 aliphatic heterocycles. The number of hydrogen-bond donors (Lipinski definition) is 3. The van der Waals surface area contributed by atoms with Gasteiger partial charge in [0, 0.05) is 29.8 Å². The van der Waals surface area contributed by atoms with Crippen LogP contribution < -0.4 is 16.8 Å². The van der Waals surface area contributed by atoms with E-state index in [9.17, 15) is 14.4 Å². The number of amides is 2. The number of carbonyl (C=O) groups excluding carboxylic acids is 3. The molecule has 1 rings (SSSR count). The van der Waals surface area contributed by atoms with E-state index in [-0.39, 0.29) is 6.42 Å². The van der Waals surface area contributed by atoms with Crippen LogP contribution in [0.25, 0.3) is 0 Å². The number of ketones is 1. The van der Waals surface area contributed by atoms with Gasteiger partial charge in [0.15, 0.2) is 0 Å². The van der Waals surface area contributed by atoms with Crippen molar-refractivity contribution in [1.82, 2.24) is 5.32 Å². The van der Waals surface area contributed by atoms with E-state index in [1.807, 2.05) is 0 Å². The zero-order chi connectivity index (χ0) is 28.3. The van der Waals surface area contributed by atoms with E-state index in [0.717, 1.165) is 0 Å². The lowest BCUT2D eigenvalue weighted by atomic mass is 9.90. The van der Waals surface area contributed by atoms with Crippen LogP contribution in [0.3, 0.4) is 0 Å². The van der Waals surface area contributed by atoms with Crippen molar-refractivity contribution >= 4 is 17.8 Å². The zero-order valence-corrected chi connectivity index (χ0v) is 16.2. The van der Waals surface area contributed by atoms with Gasteiger partial charge >= 0.3 is 6.09 Å². The average Bonchev–Trinajstić information content (AvgIpc) is 2.70. The van der Waals surface area contributed by atoms with E-state index in [2.05, 4.69) is 0 Å². The summed E-state index contributed by atoms with van der Waals surface area (Å²) in [6.45, 7) is 0.918. The van der Waals surface area contributed by atoms with Gasteiger partial charge in [-0.2, -0.15) is 0 Å². The molecule has 1 aromatic rings. The quantitative estimate of drug-likeness (QED) is 0.526. The first kappa shape index (κ1) is 13.7. The third-order valence-corrected chi connectivity index (χ3v) is 3.44. The molecule has 0 bridgehead atoms. The van der Waals surface area contributed by atoms with Crippen molar-refractivity contribution in [2.75, 3.05) is 6.50 Å². The van der Waals surface area contributed by atoms with Crippen LogP contribution in [0.1, 0.15) is 62.8 Å². The van der Waals surface area contributed by atoms with E-state index >= 15 is 0 Å². The number of rotatable bonds is 11. The van der Waals surface area contributed by atoms with Gasteiger partial charge < -0.3 is 21.5 Å². The Hall–Kier alpha value is -2.41. The summed E-state index contributed by atoms with van der Waals surface area (Å²) in [5, 5.41) is 1.58. The first-order valence-corrected chi connectivity index (χ1v) is 8.69. The largest absolute Gasteiger partial charge is 0.444 e. The molecule has 0 unspecified atom stereocenters. The number of nitrogens with two attached hydrogens (primary N) is 2. The lowest BCUT2D eigenvalue weighted by Gasteiger charge is -2.19. The lowest BCUT2D eigenvalue weighted by molar-refractivity contribution is -0.128. The van der Waals surface area contributed by atoms with E-state index < -0.39 is 67.4 Å². The second kappa shape index (κ2) is 11.4. The fraction of sp³-hybridized carbons (Fsp3) is 0.571. The SMILES string of the molecule is [2H]C([2H])(NC(=O)OC(C)(C)C)C([2H])([2H])C([2H])([2H])C([2H])([2H])[C@H](N)C(=O)C[C@@H](Cc1ccccc1)C(N)=O. The van der Waals surface area contributed by atoms with Crippen LogP contribution in [-0.2, 0) is 20.7 Å². The number of alkyl carbamates (subject to hydrolysis) is 1. The Labute approximate surface area is 178 Å². The van der Waals surface area contributed by atoms with Gasteiger partial charge in [0.1, 0.15) is 11.4 Å². The molecule has 0 spiro atoms. The Kier molecular flexibility index (Phi) is 5.60. The van der Waals surface area contributed by atoms with Crippen LogP contribution in [0.15, 0.2) is 30.3 Å². The number of benzene rings is 1. The molecule has 7 nitrogen and oxygen atoms in total. The smallest absolute Gasteiger partial charge is 0.407 e. The van der Waals surface area contributed by atoms with Gasteiger partial charge in [0.2, 0.25) is 5.91 Å². The van der Waals surface area contributed by atoms with E-state index in [1.165, 1.54) is 20.8 Å². The molecule has 0 heterocycles. The molecule has 0 aliphatic carbocycles. The van der Waals surface area contributed by atoms with Gasteiger partial charge in [-0.1, -0.05) is 30.3 Å². The summed E-state index contributed by atoms with van der Waals surface area (Å²) in [5.41, 5.74) is 10.7. The molecular formula is C21H33N3O4. The first-order chi connectivity index (χ1) is 16.1. The maximum absolute atomic E-state index is 12.8. The van der Waals surface area contributed by atoms with Crippen molar-refractivity contribution in [3.8, 4) is 0 Å². The summed E-state index contributed by atoms with van der Waals surface area (Å²) >= 11 is 0. The summed E-state index contributed by atoms with van der Waals surface area (Å²) in [6, 6.07) is 6.23. The second-order valence-electron chi connectivity index (χ2n) is 7.08. The fourth-order valence-corrected chi connectivity index (χ4v) is 2.15. The van der Waals surface area contributed by atoms with Gasteiger partial charge in [0.25, 0.3) is 0 Å². The number of ether oxygens (including phenoxy) is 1. The monoisotopic (exact) mass is 399 g/mol. The highest BCUT2D eigenvalue weighted by molar-refractivity contribution is 5.89. The minimum atomic E-state index is -3.75. The summed E-state index contributed by atoms with van der Waals surface area (Å²) in [6.07, 6.45) is -13.0. The third kappa shape index (κ3) is 10.1. The van der Waals surface area contributed by atoms with Gasteiger partial charge in [-0.25, -0.2) is 4.79 Å². The molecule has 0 aliphatic rings. The number of Topliss-reactive ketones (excluding diaryl/α,β-unsaturated/α-hetero) is 1. The Bertz CT molecular complexity index is 952. The predicted octanol–water partition coefficient (Wildman–Crippen LogP) is 2.31. The molecule has 28 heavy (non-hydrogen) atoms. The molecule has 0 saturated carbocycles. The maximum Gasteiger partial charge on any atom is 0.407 e. The molecule has 0 aromatic heterocycles. The number of carbonyl (C=O) groups is 3. The van der Waals surface area contributed by atoms with E-state index in [4.69, 9.17) is 27.2 Å². The molecule has 0 radical (unpaired) electrons. The highest BCUT2D eigenvalue weighted by atomic mass is 16.6. The van der Waals surface area contributed by atoms with Gasteiger partial charge in [-0.05, 0) is 51.9 Å². The lowest BCUT2D eigenvalue weighted by Crippen LogP contribution is -2.36. The third-order valence-electron chi connectivity index (χ3n) is 3.44. The molecule has 5 N–H and O–H groups in total. The number of primary amides is 1. The molecule has 1 aromatic carbocycles. The van der Waals surface area contributed by atoms with Crippen molar-refractivity contribution in [2.24, 2.45) is 17.4 Å². The molecule has 0 fully saturated rings. The fourth-order valence-electron chi connectivity index (χ4n) is 2.15. The molecule has 7 heteroatoms. The average molecular weight is 400 g/mol. The van der Waals surface area contributed by atoms with E-state index in [1.54, 1.807) is 35.6 Å². The molecule has 2 atom stereocenters. The summed E-state index contributed by atoms with van der Waals surface area (Å²) in [7, 11) is 0. The normalized spacial score (nSPS) is 19.7. The Balaban J connectivity index is 3.16. The topological polar surface area (TPSA) is 125 Å². The standard InChI is InChI=1S/C21H33N3O4/c1-21(2,3)28-20(27)24-12-8-7-11-17(22)18(25)14-16(19(23)26)13-15-9-5-4-6-10-15/h4-6,9-10,16-17H,7-8,11-14,22H2,1-3H3,(H2,23,26)(H,24,27)/t16-,17+/m1/s1/i7D2,8D2,11D2,12D2. The molecule has 156 valence electrons. The summed E-state index contributed by atoms with van der Waals surface area (Å²) in [4.78, 5) is 36.7. The summed E-state index contributed by atoms with van der Waals surface area (Å²) < 4.78 is 69.5. The Morgan fingerprint density at radius 3 is 2.39 bits per heavy atom. The highest BCUT2D eigenvalue weighted by Crippen LogP contribution is 2.14. The van der Waals surface area contributed by atoms with E-state index in [0.29, 0.717) is 5.56 Å². The van der Waals surface area contributed by atoms with Crippen molar-refractivity contribution in [1.29, 1.82) is 0 Å². The minimum absolute atomic E-state index is 0.0354. The van der Waals surface area contributed by atoms with Crippen LogP contribution in [0.5, 0.6) is 0 Å². The molecule has 0 saturated heterocycles. The van der Waals surface area contributed by atoms with Crippen molar-refractivity contribution < 1.29 is 30.1 Å². The summed E-state index contributed by atoms with van der Waals surface area (Å²) in [5.74, 6) is -3.07. The van der Waals surface area contributed by atoms with Crippen LogP contribution in [-0.4, -0.2) is 35.9 Å². The first-order valence-electron chi connectivity index (χ1n) is 12.7.